The molecule has 2 aliphatic rings. The van der Waals surface area contributed by atoms with E-state index in [0.29, 0.717) is 42.1 Å². The maximum Gasteiger partial charge on any atom is 0.290 e. The lowest BCUT2D eigenvalue weighted by Crippen LogP contribution is -2.43. The fourth-order valence-corrected chi connectivity index (χ4v) is 6.69. The van der Waals surface area contributed by atoms with E-state index < -0.39 is 17.7 Å². The summed E-state index contributed by atoms with van der Waals surface area (Å²) >= 11 is 1.29. The van der Waals surface area contributed by atoms with Crippen molar-refractivity contribution in [3.63, 3.8) is 0 Å². The minimum atomic E-state index is -0.669. The van der Waals surface area contributed by atoms with Gasteiger partial charge in [0, 0.05) is 31.9 Å². The average Bonchev–Trinajstić information content (AvgIpc) is 3.56. The number of para-hydroxylation sites is 2. The van der Waals surface area contributed by atoms with E-state index >= 15 is 0 Å². The zero-order chi connectivity index (χ0) is 27.3. The molecule has 1 N–H and O–H groups in total. The van der Waals surface area contributed by atoms with Crippen molar-refractivity contribution in [2.75, 3.05) is 39.4 Å². The van der Waals surface area contributed by atoms with Crippen LogP contribution >= 0.6 is 11.3 Å². The molecule has 2 aliphatic heterocycles. The number of aromatic nitrogens is 2. The molecule has 39 heavy (non-hydrogen) atoms. The van der Waals surface area contributed by atoms with Gasteiger partial charge in [0.1, 0.15) is 0 Å². The summed E-state index contributed by atoms with van der Waals surface area (Å²) in [6.45, 7) is 10.1. The van der Waals surface area contributed by atoms with Gasteiger partial charge < -0.3 is 14.7 Å². The van der Waals surface area contributed by atoms with Crippen molar-refractivity contribution in [2.24, 2.45) is 0 Å². The second kappa shape index (κ2) is 10.2. The van der Waals surface area contributed by atoms with Crippen molar-refractivity contribution in [3.8, 4) is 0 Å². The first-order chi connectivity index (χ1) is 18.8. The van der Waals surface area contributed by atoms with Crippen LogP contribution in [0, 0.1) is 6.92 Å². The Hall–Kier alpha value is -3.53. The lowest BCUT2D eigenvalue weighted by molar-refractivity contribution is -0.129. The number of imidazole rings is 1. The number of aryl methyl sites for hydroxylation is 1. The molecule has 9 heteroatoms. The number of ether oxygens (including phenoxy) is 1. The maximum absolute atomic E-state index is 14.2. The Labute approximate surface area is 231 Å². The number of Topliss-reactive ketones (excluding diaryl/α,β-unsaturated/α-hetero) is 1. The summed E-state index contributed by atoms with van der Waals surface area (Å²) in [6, 6.07) is 15.2. The number of thiazole rings is 1. The number of nitrogens with zero attached hydrogens (tertiary/aromatic N) is 4. The highest BCUT2D eigenvalue weighted by Gasteiger charge is 2.44. The summed E-state index contributed by atoms with van der Waals surface area (Å²) in [5.41, 5.74) is 4.66. The third kappa shape index (κ3) is 4.44. The normalized spacial score (nSPS) is 18.8. The van der Waals surface area contributed by atoms with Crippen LogP contribution in [0.4, 0.5) is 0 Å². The molecule has 0 unspecified atom stereocenters. The van der Waals surface area contributed by atoms with Gasteiger partial charge in [-0.05, 0) is 36.1 Å². The maximum atomic E-state index is 14.2. The van der Waals surface area contributed by atoms with E-state index in [4.69, 9.17) is 9.72 Å². The van der Waals surface area contributed by atoms with Gasteiger partial charge in [0.05, 0.1) is 40.7 Å². The van der Waals surface area contributed by atoms with Crippen LogP contribution in [-0.4, -0.2) is 75.4 Å². The van der Waals surface area contributed by atoms with Crippen molar-refractivity contribution in [3.05, 3.63) is 81.6 Å². The molecule has 1 amide bonds. The second-order valence-corrected chi connectivity index (χ2v) is 11.5. The molecule has 8 nitrogen and oxygen atoms in total. The van der Waals surface area contributed by atoms with Crippen LogP contribution in [0.5, 0.6) is 0 Å². The zero-order valence-electron chi connectivity index (χ0n) is 22.4. The van der Waals surface area contributed by atoms with Gasteiger partial charge in [-0.1, -0.05) is 61.6 Å². The van der Waals surface area contributed by atoms with Crippen LogP contribution in [0.25, 0.3) is 16.0 Å². The number of aliphatic hydroxyl groups excluding tert-OH is 1. The molecule has 1 fully saturated rings. The Morgan fingerprint density at radius 2 is 1.82 bits per heavy atom. The number of amides is 1. The minimum absolute atomic E-state index is 0.135. The number of carbonyl (C=O) groups is 2. The van der Waals surface area contributed by atoms with Gasteiger partial charge in [-0.3, -0.25) is 18.9 Å². The number of rotatable bonds is 7. The summed E-state index contributed by atoms with van der Waals surface area (Å²) in [4.78, 5) is 37.4. The smallest absolute Gasteiger partial charge is 0.290 e. The Balaban J connectivity index is 1.40. The lowest BCUT2D eigenvalue weighted by atomic mass is 9.93. The number of hydrogen-bond acceptors (Lipinski definition) is 7. The number of benzene rings is 2. The van der Waals surface area contributed by atoms with Crippen LogP contribution in [0.2, 0.25) is 0 Å². The minimum Gasteiger partial charge on any atom is -0.503 e. The second-order valence-electron chi connectivity index (χ2n) is 10.5. The van der Waals surface area contributed by atoms with Crippen LogP contribution in [0.15, 0.2) is 59.9 Å². The predicted octanol–water partition coefficient (Wildman–Crippen LogP) is 4.89. The summed E-state index contributed by atoms with van der Waals surface area (Å²) < 4.78 is 7.44. The van der Waals surface area contributed by atoms with Gasteiger partial charge >= 0.3 is 0 Å². The number of fused-ring (bicyclic) bond motifs is 3. The quantitative estimate of drug-likeness (QED) is 0.334. The fraction of sp³-hybridized carbons (Fsp3) is 0.367. The molecule has 2 aromatic heterocycles. The summed E-state index contributed by atoms with van der Waals surface area (Å²) in [7, 11) is 0. The van der Waals surface area contributed by atoms with Crippen molar-refractivity contribution >= 4 is 39.0 Å². The Bertz CT molecular complexity index is 1590. The van der Waals surface area contributed by atoms with E-state index in [9.17, 15) is 14.7 Å². The van der Waals surface area contributed by atoms with E-state index in [1.54, 1.807) is 4.90 Å². The first-order valence-electron chi connectivity index (χ1n) is 13.4. The number of ketones is 1. The highest BCUT2D eigenvalue weighted by molar-refractivity contribution is 7.19. The molecule has 202 valence electrons. The fourth-order valence-electron chi connectivity index (χ4n) is 5.60. The third-order valence-corrected chi connectivity index (χ3v) is 8.96. The lowest BCUT2D eigenvalue weighted by Gasteiger charge is -2.31. The predicted molar refractivity (Wildman–Crippen MR) is 152 cm³/mol. The molecule has 6 rings (SSSR count). The highest BCUT2D eigenvalue weighted by Crippen LogP contribution is 2.41. The first kappa shape index (κ1) is 25.7. The molecule has 0 saturated carbocycles. The molecular formula is C30H32N4O4S. The van der Waals surface area contributed by atoms with E-state index in [0.717, 1.165) is 35.4 Å². The molecule has 1 atom stereocenters. The molecule has 0 bridgehead atoms. The van der Waals surface area contributed by atoms with Crippen molar-refractivity contribution in [2.45, 2.75) is 32.7 Å². The molecule has 0 spiro atoms. The average molecular weight is 545 g/mol. The molecule has 2 aromatic carbocycles. The summed E-state index contributed by atoms with van der Waals surface area (Å²) in [5.74, 6) is -0.944. The van der Waals surface area contributed by atoms with Crippen molar-refractivity contribution in [1.29, 1.82) is 0 Å². The standard InChI is InChI=1S/C30H32N4O4S/c1-18(2)20-8-10-21(11-9-20)25-24(27(36)29(37)33(25)13-12-32-14-16-38-17-15-32)26(35)28-19(3)34-23-7-5-4-6-22(23)31-30(34)39-28/h4-11,18,25,36H,12-17H2,1-3H3/t25-/m1/s1. The van der Waals surface area contributed by atoms with E-state index in [1.807, 2.05) is 59.9 Å². The topological polar surface area (TPSA) is 87.4 Å². The number of aliphatic hydroxyl groups is 1. The molecular weight excluding hydrogens is 512 g/mol. The zero-order valence-corrected chi connectivity index (χ0v) is 23.2. The van der Waals surface area contributed by atoms with Gasteiger partial charge in [0.2, 0.25) is 5.78 Å². The van der Waals surface area contributed by atoms with Gasteiger partial charge in [0.25, 0.3) is 5.91 Å². The number of carbonyl (C=O) groups excluding carboxylic acids is 2. The van der Waals surface area contributed by atoms with Gasteiger partial charge in [-0.15, -0.1) is 0 Å². The van der Waals surface area contributed by atoms with Gasteiger partial charge in [-0.25, -0.2) is 4.98 Å². The van der Waals surface area contributed by atoms with Crippen LogP contribution < -0.4 is 0 Å². The van der Waals surface area contributed by atoms with Crippen LogP contribution in [-0.2, 0) is 9.53 Å². The summed E-state index contributed by atoms with van der Waals surface area (Å²) in [6.07, 6.45) is 0. The summed E-state index contributed by atoms with van der Waals surface area (Å²) in [5, 5.41) is 11.2. The third-order valence-electron chi connectivity index (χ3n) is 7.82. The van der Waals surface area contributed by atoms with E-state index in [-0.39, 0.29) is 11.4 Å². The molecule has 0 radical (unpaired) electrons. The molecule has 4 aromatic rings. The molecule has 4 heterocycles. The monoisotopic (exact) mass is 544 g/mol. The van der Waals surface area contributed by atoms with Gasteiger partial charge in [-0.2, -0.15) is 0 Å². The first-order valence-corrected chi connectivity index (χ1v) is 14.2. The molecule has 1 saturated heterocycles. The number of morpholine rings is 1. The largest absolute Gasteiger partial charge is 0.503 e. The number of hydrogen-bond donors (Lipinski definition) is 1. The molecule has 0 aliphatic carbocycles. The van der Waals surface area contributed by atoms with E-state index in [1.165, 1.54) is 16.9 Å². The van der Waals surface area contributed by atoms with Crippen molar-refractivity contribution in [1.82, 2.24) is 19.2 Å². The van der Waals surface area contributed by atoms with E-state index in [2.05, 4.69) is 18.7 Å². The van der Waals surface area contributed by atoms with Crippen LogP contribution in [0.1, 0.15) is 52.3 Å². The van der Waals surface area contributed by atoms with Gasteiger partial charge in [0.15, 0.2) is 10.7 Å². The Kier molecular flexibility index (Phi) is 6.74. The Morgan fingerprint density at radius 3 is 2.54 bits per heavy atom. The highest BCUT2D eigenvalue weighted by atomic mass is 32.1. The van der Waals surface area contributed by atoms with Crippen molar-refractivity contribution < 1.29 is 19.4 Å². The SMILES string of the molecule is Cc1c(C(=O)C2=C(O)C(=O)N(CCN3CCOCC3)[C@@H]2c2ccc(C(C)C)cc2)sc2nc3ccccc3n12. The van der Waals surface area contributed by atoms with Crippen LogP contribution in [0.3, 0.4) is 0 Å². The Morgan fingerprint density at radius 1 is 1.10 bits per heavy atom.